The Morgan fingerprint density at radius 3 is 2.29 bits per heavy atom. The van der Waals surface area contributed by atoms with Gasteiger partial charge in [-0.2, -0.15) is 12.6 Å². The Bertz CT molecular complexity index is 227. The van der Waals surface area contributed by atoms with Crippen LogP contribution in [-0.4, -0.2) is 23.7 Å². The van der Waals surface area contributed by atoms with E-state index in [1.807, 2.05) is 0 Å². The summed E-state index contributed by atoms with van der Waals surface area (Å²) in [5.74, 6) is -1.46. The maximum absolute atomic E-state index is 11.3. The molecule has 6 heteroatoms. The van der Waals surface area contributed by atoms with Gasteiger partial charge in [0, 0.05) is 12.2 Å². The molecule has 0 bridgehead atoms. The molecule has 0 saturated heterocycles. The summed E-state index contributed by atoms with van der Waals surface area (Å²) in [6, 6.07) is -0.980. The number of carbonyl (C=O) groups is 2. The van der Waals surface area contributed by atoms with Crippen LogP contribution in [0.4, 0.5) is 0 Å². The molecule has 0 radical (unpaired) electrons. The topological polar surface area (TPSA) is 69.2 Å². The van der Waals surface area contributed by atoms with Crippen molar-refractivity contribution >= 4 is 24.5 Å². The molecule has 0 heterocycles. The van der Waals surface area contributed by atoms with Crippen molar-refractivity contribution < 1.29 is 44.3 Å². The summed E-state index contributed by atoms with van der Waals surface area (Å²) in [4.78, 5) is 21.8. The number of unbranched alkanes of at least 4 members (excludes halogenated alkanes) is 4. The monoisotopic (exact) mass is 269 g/mol. The fraction of sp³-hybridized carbons (Fsp3) is 0.818. The van der Waals surface area contributed by atoms with Crippen molar-refractivity contribution in [2.45, 2.75) is 51.5 Å². The molecule has 0 aliphatic carbocycles. The van der Waals surface area contributed by atoms with Crippen LogP contribution in [0.2, 0.25) is 0 Å². The van der Waals surface area contributed by atoms with E-state index in [4.69, 9.17) is 0 Å². The number of nitrogens with one attached hydrogen (secondary N) is 1. The summed E-state index contributed by atoms with van der Waals surface area (Å²) >= 11 is 3.83. The first-order valence-electron chi connectivity index (χ1n) is 5.72. The summed E-state index contributed by atoms with van der Waals surface area (Å²) in [5, 5.41) is 12.9. The Morgan fingerprint density at radius 2 is 1.82 bits per heavy atom. The van der Waals surface area contributed by atoms with Crippen LogP contribution in [-0.2, 0) is 9.59 Å². The van der Waals surface area contributed by atoms with E-state index < -0.39 is 12.0 Å². The largest absolute Gasteiger partial charge is 1.00 e. The van der Waals surface area contributed by atoms with E-state index in [-0.39, 0.29) is 41.2 Å². The minimum Gasteiger partial charge on any atom is -0.548 e. The first-order valence-corrected chi connectivity index (χ1v) is 6.36. The molecule has 0 saturated carbocycles. The van der Waals surface area contributed by atoms with Crippen molar-refractivity contribution in [1.82, 2.24) is 5.32 Å². The van der Waals surface area contributed by atoms with Crippen LogP contribution in [0.15, 0.2) is 0 Å². The van der Waals surface area contributed by atoms with Crippen LogP contribution in [0.25, 0.3) is 0 Å². The molecule has 0 aromatic carbocycles. The molecule has 1 atom stereocenters. The van der Waals surface area contributed by atoms with Crippen LogP contribution in [0, 0.1) is 0 Å². The molecule has 4 nitrogen and oxygen atoms in total. The van der Waals surface area contributed by atoms with Gasteiger partial charge in [-0.3, -0.25) is 4.79 Å². The molecule has 1 N–H and O–H groups in total. The standard InChI is InChI=1S/C11H21NO3S.Na/c1-2-3-4-5-6-7-10(13)12-9(8-16)11(14)15;/h9,16H,2-8H2,1H3,(H,12,13)(H,14,15);/q;+1/p-1. The average molecular weight is 269 g/mol. The number of thiol groups is 1. The third-order valence-corrected chi connectivity index (χ3v) is 2.67. The predicted octanol–water partition coefficient (Wildman–Crippen LogP) is -2.48. The molecule has 0 aliphatic rings. The third kappa shape index (κ3) is 11.1. The quantitative estimate of drug-likeness (QED) is 0.277. The van der Waals surface area contributed by atoms with E-state index in [1.165, 1.54) is 12.8 Å². The molecular formula is C11H20NNaO3S. The molecule has 1 unspecified atom stereocenters. The molecule has 17 heavy (non-hydrogen) atoms. The Labute approximate surface area is 131 Å². The van der Waals surface area contributed by atoms with Gasteiger partial charge in [0.15, 0.2) is 0 Å². The third-order valence-electron chi connectivity index (χ3n) is 2.31. The summed E-state index contributed by atoms with van der Waals surface area (Å²) in [6.45, 7) is 2.13. The van der Waals surface area contributed by atoms with Gasteiger partial charge < -0.3 is 15.2 Å². The number of carboxylic acid groups (broad SMARTS) is 1. The van der Waals surface area contributed by atoms with E-state index in [9.17, 15) is 14.7 Å². The molecule has 0 aromatic heterocycles. The van der Waals surface area contributed by atoms with E-state index in [0.717, 1.165) is 19.3 Å². The van der Waals surface area contributed by atoms with Gasteiger partial charge in [-0.05, 0) is 6.42 Å². The van der Waals surface area contributed by atoms with Crippen LogP contribution in [0.5, 0.6) is 0 Å². The zero-order valence-electron chi connectivity index (χ0n) is 10.7. The average Bonchev–Trinajstić information content (AvgIpc) is 2.25. The number of rotatable bonds is 9. The first kappa shape index (κ1) is 19.6. The van der Waals surface area contributed by atoms with Gasteiger partial charge >= 0.3 is 29.6 Å². The smallest absolute Gasteiger partial charge is 0.548 e. The number of carboxylic acids is 1. The summed E-state index contributed by atoms with van der Waals surface area (Å²) in [7, 11) is 0. The van der Waals surface area contributed by atoms with Crippen molar-refractivity contribution in [3.8, 4) is 0 Å². The van der Waals surface area contributed by atoms with Crippen molar-refractivity contribution in [2.75, 3.05) is 5.75 Å². The number of aliphatic carboxylic acids is 1. The van der Waals surface area contributed by atoms with Gasteiger partial charge in [-0.1, -0.05) is 32.6 Å². The number of carbonyl (C=O) groups excluding carboxylic acids is 2. The second kappa shape index (κ2) is 12.7. The van der Waals surface area contributed by atoms with Crippen LogP contribution < -0.4 is 40.0 Å². The van der Waals surface area contributed by atoms with Gasteiger partial charge in [-0.25, -0.2) is 0 Å². The van der Waals surface area contributed by atoms with Crippen molar-refractivity contribution in [1.29, 1.82) is 0 Å². The van der Waals surface area contributed by atoms with E-state index in [2.05, 4.69) is 24.9 Å². The zero-order valence-corrected chi connectivity index (χ0v) is 13.6. The van der Waals surface area contributed by atoms with Crippen LogP contribution in [0.1, 0.15) is 45.4 Å². The van der Waals surface area contributed by atoms with Crippen LogP contribution in [0.3, 0.4) is 0 Å². The van der Waals surface area contributed by atoms with Crippen molar-refractivity contribution in [2.24, 2.45) is 0 Å². The molecule has 0 aliphatic heterocycles. The fourth-order valence-corrected chi connectivity index (χ4v) is 1.58. The normalized spacial score (nSPS) is 11.4. The van der Waals surface area contributed by atoms with Crippen molar-refractivity contribution in [3.63, 3.8) is 0 Å². The molecule has 0 rings (SSSR count). The second-order valence-corrected chi connectivity index (χ2v) is 4.15. The minimum atomic E-state index is -1.28. The molecular weight excluding hydrogens is 249 g/mol. The summed E-state index contributed by atoms with van der Waals surface area (Å²) in [5.41, 5.74) is 0. The number of hydrogen-bond acceptors (Lipinski definition) is 4. The van der Waals surface area contributed by atoms with Gasteiger partial charge in [0.05, 0.1) is 12.0 Å². The molecule has 0 fully saturated rings. The molecule has 94 valence electrons. The van der Waals surface area contributed by atoms with Gasteiger partial charge in [0.1, 0.15) is 0 Å². The molecule has 1 amide bonds. The number of hydrogen-bond donors (Lipinski definition) is 2. The van der Waals surface area contributed by atoms with Gasteiger partial charge in [-0.15, -0.1) is 0 Å². The second-order valence-electron chi connectivity index (χ2n) is 3.79. The van der Waals surface area contributed by atoms with Crippen molar-refractivity contribution in [3.05, 3.63) is 0 Å². The Kier molecular flexibility index (Phi) is 14.7. The molecule has 0 spiro atoms. The summed E-state index contributed by atoms with van der Waals surface area (Å²) < 4.78 is 0. The zero-order chi connectivity index (χ0) is 12.4. The Balaban J connectivity index is 0. The SMILES string of the molecule is CCCCCCCC(=O)NC(CS)C(=O)[O-].[Na+]. The fourth-order valence-electron chi connectivity index (χ4n) is 1.33. The minimum absolute atomic E-state index is 0. The maximum atomic E-state index is 11.3. The first-order chi connectivity index (χ1) is 7.61. The van der Waals surface area contributed by atoms with Crippen LogP contribution >= 0.6 is 12.6 Å². The van der Waals surface area contributed by atoms with Gasteiger partial charge in [0.25, 0.3) is 0 Å². The maximum Gasteiger partial charge on any atom is 1.00 e. The number of amides is 1. The van der Waals surface area contributed by atoms with E-state index in [0.29, 0.717) is 6.42 Å². The van der Waals surface area contributed by atoms with Gasteiger partial charge in [0.2, 0.25) is 5.91 Å². The Hall–Kier alpha value is 0.290. The molecule has 0 aromatic rings. The van der Waals surface area contributed by atoms with E-state index >= 15 is 0 Å². The predicted molar refractivity (Wildman–Crippen MR) is 64.2 cm³/mol. The van der Waals surface area contributed by atoms with E-state index in [1.54, 1.807) is 0 Å². The summed E-state index contributed by atoms with van der Waals surface area (Å²) in [6.07, 6.45) is 5.66. The Morgan fingerprint density at radius 1 is 1.24 bits per heavy atom.